The van der Waals surface area contributed by atoms with Crippen LogP contribution in [0.3, 0.4) is 0 Å². The molecule has 1 fully saturated rings. The molecule has 0 amide bonds. The van der Waals surface area contributed by atoms with E-state index in [2.05, 4.69) is 34.2 Å². The Bertz CT molecular complexity index is 1080. The number of nitrogens with zero attached hydrogens (tertiary/aromatic N) is 2. The lowest BCUT2D eigenvalue weighted by Gasteiger charge is -2.17. The molecule has 0 unspecified atom stereocenters. The van der Waals surface area contributed by atoms with Crippen molar-refractivity contribution < 1.29 is 5.11 Å². The van der Waals surface area contributed by atoms with Crippen molar-refractivity contribution in [2.45, 2.75) is 31.2 Å². The molecule has 1 saturated carbocycles. The van der Waals surface area contributed by atoms with Crippen molar-refractivity contribution in [3.8, 4) is 5.88 Å². The number of hydrogen-bond donors (Lipinski definition) is 2. The van der Waals surface area contributed by atoms with Crippen LogP contribution in [0, 0.1) is 4.77 Å². The summed E-state index contributed by atoms with van der Waals surface area (Å²) in [5, 5.41) is 10.5. The molecule has 3 aromatic rings. The number of aromatic amines is 1. The first kappa shape index (κ1) is 19.3. The zero-order valence-electron chi connectivity index (χ0n) is 16.0. The molecule has 148 valence electrons. The lowest BCUT2D eigenvalue weighted by molar-refractivity contribution is 0.405. The summed E-state index contributed by atoms with van der Waals surface area (Å²) in [5.41, 5.74) is 2.23. The maximum atomic E-state index is 12.2. The van der Waals surface area contributed by atoms with Crippen LogP contribution in [0.25, 0.3) is 0 Å². The second-order valence-corrected chi connectivity index (χ2v) is 7.68. The normalized spacial score (nSPS) is 14.0. The average molecular weight is 406 g/mol. The fourth-order valence-corrected chi connectivity index (χ4v) is 3.92. The van der Waals surface area contributed by atoms with E-state index >= 15 is 0 Å². The maximum Gasteiger partial charge on any atom is 0.264 e. The zero-order valence-corrected chi connectivity index (χ0v) is 16.8. The molecule has 0 bridgehead atoms. The lowest BCUT2D eigenvalue weighted by Crippen LogP contribution is -2.18. The molecular weight excluding hydrogens is 382 g/mol. The van der Waals surface area contributed by atoms with E-state index in [0.717, 1.165) is 19.3 Å². The van der Waals surface area contributed by atoms with Crippen molar-refractivity contribution in [1.29, 1.82) is 0 Å². The zero-order chi connectivity index (χ0) is 20.2. The van der Waals surface area contributed by atoms with Crippen molar-refractivity contribution in [3.63, 3.8) is 0 Å². The molecule has 0 radical (unpaired) electrons. The van der Waals surface area contributed by atoms with Gasteiger partial charge in [-0.2, -0.15) is 0 Å². The van der Waals surface area contributed by atoms with Crippen LogP contribution in [-0.4, -0.2) is 27.4 Å². The summed E-state index contributed by atoms with van der Waals surface area (Å²) in [5.74, 6) is 0.125. The fraction of sp³-hybridized carbons (Fsp3) is 0.261. The third kappa shape index (κ3) is 4.38. The summed E-state index contributed by atoms with van der Waals surface area (Å²) >= 11 is 5.18. The van der Waals surface area contributed by atoms with Gasteiger partial charge in [-0.3, -0.25) is 19.3 Å². The SMILES string of the molecule is O=c1[nH]c(=S)n(C2CC2)c(O)c1C=NCCC(c1ccccc1)c1ccccc1. The van der Waals surface area contributed by atoms with Crippen molar-refractivity contribution in [2.24, 2.45) is 4.99 Å². The molecule has 4 rings (SSSR count). The molecule has 1 aromatic heterocycles. The number of rotatable bonds is 7. The molecule has 1 heterocycles. The van der Waals surface area contributed by atoms with Gasteiger partial charge >= 0.3 is 0 Å². The Morgan fingerprint density at radius 2 is 1.69 bits per heavy atom. The number of benzene rings is 2. The van der Waals surface area contributed by atoms with Gasteiger partial charge < -0.3 is 5.11 Å². The molecule has 5 nitrogen and oxygen atoms in total. The Morgan fingerprint density at radius 1 is 1.10 bits per heavy atom. The summed E-state index contributed by atoms with van der Waals surface area (Å²) in [4.78, 5) is 19.3. The predicted octanol–water partition coefficient (Wildman–Crippen LogP) is 4.59. The minimum atomic E-state index is -0.407. The van der Waals surface area contributed by atoms with Crippen LogP contribution in [-0.2, 0) is 0 Å². The third-order valence-corrected chi connectivity index (χ3v) is 5.53. The van der Waals surface area contributed by atoms with Gasteiger partial charge in [0.1, 0.15) is 5.56 Å². The van der Waals surface area contributed by atoms with Gasteiger partial charge in [-0.1, -0.05) is 60.7 Å². The van der Waals surface area contributed by atoms with Crippen molar-refractivity contribution in [3.05, 3.63) is 92.5 Å². The molecule has 0 atom stereocenters. The average Bonchev–Trinajstić information content (AvgIpc) is 3.56. The molecule has 0 aliphatic heterocycles. The number of H-pyrrole nitrogens is 1. The van der Waals surface area contributed by atoms with Crippen LogP contribution >= 0.6 is 12.2 Å². The van der Waals surface area contributed by atoms with Gasteiger partial charge in [0, 0.05) is 24.7 Å². The van der Waals surface area contributed by atoms with E-state index in [9.17, 15) is 9.90 Å². The molecule has 2 aromatic carbocycles. The first-order valence-electron chi connectivity index (χ1n) is 9.82. The monoisotopic (exact) mass is 405 g/mol. The molecule has 29 heavy (non-hydrogen) atoms. The molecule has 0 spiro atoms. The molecule has 2 N–H and O–H groups in total. The van der Waals surface area contributed by atoms with E-state index in [-0.39, 0.29) is 28.2 Å². The first-order chi connectivity index (χ1) is 14.1. The predicted molar refractivity (Wildman–Crippen MR) is 118 cm³/mol. The van der Waals surface area contributed by atoms with E-state index in [1.807, 2.05) is 36.4 Å². The van der Waals surface area contributed by atoms with Crippen molar-refractivity contribution in [1.82, 2.24) is 9.55 Å². The molecular formula is C23H23N3O2S. The standard InChI is InChI=1S/C23H23N3O2S/c27-21-20(22(28)26(18-11-12-18)23(29)25-21)15-24-14-13-19(16-7-3-1-4-8-16)17-9-5-2-6-10-17/h1-10,15,18-19,28H,11-14H2,(H,25,27,29). The minimum absolute atomic E-state index is 0.0901. The third-order valence-electron chi connectivity index (χ3n) is 5.24. The van der Waals surface area contributed by atoms with E-state index in [4.69, 9.17) is 12.2 Å². The minimum Gasteiger partial charge on any atom is -0.494 e. The van der Waals surface area contributed by atoms with Crippen LogP contribution in [0.4, 0.5) is 0 Å². The van der Waals surface area contributed by atoms with Crippen LogP contribution in [0.5, 0.6) is 5.88 Å². The summed E-state index contributed by atoms with van der Waals surface area (Å²) in [6.07, 6.45) is 4.18. The number of aromatic hydroxyl groups is 1. The lowest BCUT2D eigenvalue weighted by atomic mass is 9.89. The Labute approximate surface area is 174 Å². The van der Waals surface area contributed by atoms with Gasteiger partial charge in [-0.25, -0.2) is 0 Å². The highest BCUT2D eigenvalue weighted by Gasteiger charge is 2.27. The largest absolute Gasteiger partial charge is 0.494 e. The molecule has 6 heteroatoms. The summed E-state index contributed by atoms with van der Waals surface area (Å²) < 4.78 is 1.88. The Morgan fingerprint density at radius 3 is 2.24 bits per heavy atom. The molecule has 1 aliphatic carbocycles. The van der Waals surface area contributed by atoms with E-state index in [0.29, 0.717) is 6.54 Å². The molecule has 0 saturated heterocycles. The van der Waals surface area contributed by atoms with Crippen molar-refractivity contribution in [2.75, 3.05) is 6.54 Å². The highest BCUT2D eigenvalue weighted by molar-refractivity contribution is 7.71. The van der Waals surface area contributed by atoms with E-state index in [1.54, 1.807) is 4.57 Å². The van der Waals surface area contributed by atoms with Gasteiger partial charge in [0.05, 0.1) is 0 Å². The van der Waals surface area contributed by atoms with Crippen LogP contribution in [0.15, 0.2) is 70.5 Å². The second-order valence-electron chi connectivity index (χ2n) is 7.30. The van der Waals surface area contributed by atoms with Gasteiger partial charge in [0.25, 0.3) is 5.56 Å². The summed E-state index contributed by atoms with van der Waals surface area (Å²) in [6.45, 7) is 0.534. The molecule has 1 aliphatic rings. The van der Waals surface area contributed by atoms with Gasteiger partial charge in [0.15, 0.2) is 4.77 Å². The van der Waals surface area contributed by atoms with Crippen LogP contribution < -0.4 is 5.56 Å². The number of aromatic nitrogens is 2. The van der Waals surface area contributed by atoms with Gasteiger partial charge in [-0.05, 0) is 42.6 Å². The van der Waals surface area contributed by atoms with Crippen LogP contribution in [0.2, 0.25) is 0 Å². The highest BCUT2D eigenvalue weighted by Crippen LogP contribution is 2.38. The van der Waals surface area contributed by atoms with Crippen LogP contribution in [0.1, 0.15) is 47.9 Å². The van der Waals surface area contributed by atoms with Gasteiger partial charge in [0.2, 0.25) is 5.88 Å². The Hall–Kier alpha value is -2.99. The smallest absolute Gasteiger partial charge is 0.264 e. The summed E-state index contributed by atoms with van der Waals surface area (Å²) in [7, 11) is 0. The quantitative estimate of drug-likeness (QED) is 0.446. The number of aliphatic imine (C=N–C) groups is 1. The number of nitrogens with one attached hydrogen (secondary N) is 1. The summed E-state index contributed by atoms with van der Waals surface area (Å²) in [6, 6.07) is 20.9. The fourth-order valence-electron chi connectivity index (χ4n) is 3.60. The Kier molecular flexibility index (Phi) is 5.71. The van der Waals surface area contributed by atoms with E-state index in [1.165, 1.54) is 17.3 Å². The van der Waals surface area contributed by atoms with Crippen molar-refractivity contribution >= 4 is 18.4 Å². The first-order valence-corrected chi connectivity index (χ1v) is 10.2. The topological polar surface area (TPSA) is 70.4 Å². The second kappa shape index (κ2) is 8.57. The Balaban J connectivity index is 1.54. The number of hydrogen-bond acceptors (Lipinski definition) is 4. The van der Waals surface area contributed by atoms with E-state index < -0.39 is 5.56 Å². The maximum absolute atomic E-state index is 12.2. The van der Waals surface area contributed by atoms with Gasteiger partial charge in [-0.15, -0.1) is 0 Å². The highest BCUT2D eigenvalue weighted by atomic mass is 32.1.